The molecular formula is C22H24ClN3OS. The number of nitrogens with zero attached hydrogens (tertiary/aromatic N) is 2. The van der Waals surface area contributed by atoms with Crippen LogP contribution >= 0.6 is 22.9 Å². The van der Waals surface area contributed by atoms with Gasteiger partial charge < -0.3 is 5.32 Å². The SMILES string of the molecule is CCc1ccccc1N(C(C)=O)c1nc(CN[C@H](C)c2ccccc2Cl)cs1. The molecule has 0 aliphatic carbocycles. The molecule has 0 unspecified atom stereocenters. The number of amides is 1. The maximum atomic E-state index is 12.4. The fourth-order valence-corrected chi connectivity index (χ4v) is 4.29. The van der Waals surface area contributed by atoms with Crippen molar-refractivity contribution in [2.24, 2.45) is 0 Å². The van der Waals surface area contributed by atoms with E-state index >= 15 is 0 Å². The molecule has 1 N–H and O–H groups in total. The summed E-state index contributed by atoms with van der Waals surface area (Å²) in [4.78, 5) is 18.8. The maximum absolute atomic E-state index is 12.4. The second-order valence-electron chi connectivity index (χ2n) is 6.58. The summed E-state index contributed by atoms with van der Waals surface area (Å²) in [5.74, 6) is -0.0424. The molecule has 28 heavy (non-hydrogen) atoms. The highest BCUT2D eigenvalue weighted by molar-refractivity contribution is 7.14. The van der Waals surface area contributed by atoms with Crippen LogP contribution in [0.1, 0.15) is 43.6 Å². The topological polar surface area (TPSA) is 45.2 Å². The van der Waals surface area contributed by atoms with E-state index in [1.807, 2.05) is 53.9 Å². The monoisotopic (exact) mass is 413 g/mol. The molecule has 1 aromatic heterocycles. The highest BCUT2D eigenvalue weighted by Crippen LogP contribution is 2.32. The highest BCUT2D eigenvalue weighted by Gasteiger charge is 2.20. The summed E-state index contributed by atoms with van der Waals surface area (Å²) in [6, 6.07) is 15.9. The number of carbonyl (C=O) groups is 1. The lowest BCUT2D eigenvalue weighted by molar-refractivity contribution is -0.115. The van der Waals surface area contributed by atoms with Gasteiger partial charge in [0.25, 0.3) is 0 Å². The minimum Gasteiger partial charge on any atom is -0.304 e. The van der Waals surface area contributed by atoms with E-state index in [4.69, 9.17) is 16.6 Å². The average Bonchev–Trinajstić information content (AvgIpc) is 3.15. The van der Waals surface area contributed by atoms with Crippen LogP contribution in [-0.4, -0.2) is 10.9 Å². The molecule has 3 rings (SSSR count). The van der Waals surface area contributed by atoms with Crippen LogP contribution in [0.4, 0.5) is 10.8 Å². The standard InChI is InChI=1S/C22H24ClN3OS/c1-4-17-9-5-8-12-21(17)26(16(3)27)22-25-18(14-28-22)13-24-15(2)19-10-6-7-11-20(19)23/h5-12,14-15,24H,4,13H2,1-3H3/t15-/m1/s1. The number of hydrogen-bond donors (Lipinski definition) is 1. The Morgan fingerprint density at radius 2 is 1.93 bits per heavy atom. The Labute approximate surface area is 175 Å². The minimum atomic E-state index is -0.0424. The van der Waals surface area contributed by atoms with Crippen LogP contribution in [0.5, 0.6) is 0 Å². The molecule has 0 bridgehead atoms. The van der Waals surface area contributed by atoms with Crippen LogP contribution in [-0.2, 0) is 17.8 Å². The van der Waals surface area contributed by atoms with Crippen molar-refractivity contribution in [3.63, 3.8) is 0 Å². The molecule has 0 saturated carbocycles. The third kappa shape index (κ3) is 4.61. The molecule has 4 nitrogen and oxygen atoms in total. The Bertz CT molecular complexity index is 956. The first-order valence-corrected chi connectivity index (χ1v) is 10.6. The molecule has 0 radical (unpaired) electrons. The molecule has 0 saturated heterocycles. The molecule has 2 aromatic carbocycles. The molecule has 0 aliphatic heterocycles. The summed E-state index contributed by atoms with van der Waals surface area (Å²) in [5, 5.41) is 6.89. The summed E-state index contributed by atoms with van der Waals surface area (Å²) in [6.45, 7) is 6.34. The number of benzene rings is 2. The molecule has 146 valence electrons. The van der Waals surface area contributed by atoms with Crippen LogP contribution in [0.25, 0.3) is 0 Å². The zero-order chi connectivity index (χ0) is 20.1. The van der Waals surface area contributed by atoms with Gasteiger partial charge in [0.2, 0.25) is 5.91 Å². The number of anilines is 2. The van der Waals surface area contributed by atoms with Gasteiger partial charge in [0, 0.05) is 29.9 Å². The van der Waals surface area contributed by atoms with Gasteiger partial charge in [-0.05, 0) is 36.6 Å². The van der Waals surface area contributed by atoms with Crippen molar-refractivity contribution in [1.29, 1.82) is 0 Å². The van der Waals surface area contributed by atoms with Gasteiger partial charge in [-0.25, -0.2) is 4.98 Å². The molecular weight excluding hydrogens is 390 g/mol. The van der Waals surface area contributed by atoms with Crippen LogP contribution in [0.15, 0.2) is 53.9 Å². The van der Waals surface area contributed by atoms with E-state index in [-0.39, 0.29) is 11.9 Å². The molecule has 1 amide bonds. The Kier molecular flexibility index (Phi) is 6.83. The van der Waals surface area contributed by atoms with E-state index in [0.717, 1.165) is 34.0 Å². The maximum Gasteiger partial charge on any atom is 0.230 e. The van der Waals surface area contributed by atoms with Crippen molar-refractivity contribution in [3.8, 4) is 0 Å². The second kappa shape index (κ2) is 9.32. The predicted molar refractivity (Wildman–Crippen MR) is 117 cm³/mol. The first kappa shape index (κ1) is 20.5. The van der Waals surface area contributed by atoms with Gasteiger partial charge in [0.15, 0.2) is 5.13 Å². The Hall–Kier alpha value is -2.21. The summed E-state index contributed by atoms with van der Waals surface area (Å²) >= 11 is 7.76. The zero-order valence-corrected chi connectivity index (χ0v) is 17.8. The highest BCUT2D eigenvalue weighted by atomic mass is 35.5. The van der Waals surface area contributed by atoms with Crippen molar-refractivity contribution in [1.82, 2.24) is 10.3 Å². The second-order valence-corrected chi connectivity index (χ2v) is 7.83. The van der Waals surface area contributed by atoms with Crippen LogP contribution in [0, 0.1) is 0 Å². The average molecular weight is 414 g/mol. The normalized spacial score (nSPS) is 12.0. The van der Waals surface area contributed by atoms with Gasteiger partial charge in [-0.1, -0.05) is 54.9 Å². The largest absolute Gasteiger partial charge is 0.304 e. The first-order chi connectivity index (χ1) is 13.5. The van der Waals surface area contributed by atoms with Gasteiger partial charge >= 0.3 is 0 Å². The lowest BCUT2D eigenvalue weighted by Gasteiger charge is -2.21. The Morgan fingerprint density at radius 3 is 2.64 bits per heavy atom. The number of halogens is 1. The van der Waals surface area contributed by atoms with Crippen molar-refractivity contribution in [2.75, 3.05) is 4.90 Å². The van der Waals surface area contributed by atoms with Crippen LogP contribution in [0.2, 0.25) is 5.02 Å². The number of thiazole rings is 1. The quantitative estimate of drug-likeness (QED) is 0.524. The van der Waals surface area contributed by atoms with E-state index in [1.54, 1.807) is 11.8 Å². The summed E-state index contributed by atoms with van der Waals surface area (Å²) in [7, 11) is 0. The number of hydrogen-bond acceptors (Lipinski definition) is 4. The van der Waals surface area contributed by atoms with E-state index in [1.165, 1.54) is 11.3 Å². The summed E-state index contributed by atoms with van der Waals surface area (Å²) in [6.07, 6.45) is 0.856. The van der Waals surface area contributed by atoms with E-state index < -0.39 is 0 Å². The molecule has 1 heterocycles. The Balaban J connectivity index is 1.76. The number of aromatic nitrogens is 1. The zero-order valence-electron chi connectivity index (χ0n) is 16.3. The molecule has 6 heteroatoms. The number of rotatable bonds is 7. The van der Waals surface area contributed by atoms with Crippen LogP contribution < -0.4 is 10.2 Å². The molecule has 0 fully saturated rings. The summed E-state index contributed by atoms with van der Waals surface area (Å²) < 4.78 is 0. The number of carbonyl (C=O) groups excluding carboxylic acids is 1. The van der Waals surface area contributed by atoms with E-state index in [0.29, 0.717) is 11.7 Å². The third-order valence-corrected chi connectivity index (χ3v) is 5.84. The number of aryl methyl sites for hydroxylation is 1. The van der Waals surface area contributed by atoms with Crippen LogP contribution in [0.3, 0.4) is 0 Å². The molecule has 3 aromatic rings. The lowest BCUT2D eigenvalue weighted by Crippen LogP contribution is -2.24. The predicted octanol–water partition coefficient (Wildman–Crippen LogP) is 5.89. The fourth-order valence-electron chi connectivity index (χ4n) is 3.11. The van der Waals surface area contributed by atoms with E-state index in [2.05, 4.69) is 19.2 Å². The number of para-hydroxylation sites is 1. The lowest BCUT2D eigenvalue weighted by atomic mass is 10.1. The third-order valence-electron chi connectivity index (χ3n) is 4.62. The van der Waals surface area contributed by atoms with Gasteiger partial charge in [-0.2, -0.15) is 0 Å². The van der Waals surface area contributed by atoms with Crippen molar-refractivity contribution >= 4 is 39.7 Å². The van der Waals surface area contributed by atoms with Crippen molar-refractivity contribution in [3.05, 3.63) is 75.8 Å². The Morgan fingerprint density at radius 1 is 1.21 bits per heavy atom. The molecule has 0 spiro atoms. The fraction of sp³-hybridized carbons (Fsp3) is 0.273. The minimum absolute atomic E-state index is 0.0424. The van der Waals surface area contributed by atoms with Crippen molar-refractivity contribution < 1.29 is 4.79 Å². The smallest absolute Gasteiger partial charge is 0.230 e. The van der Waals surface area contributed by atoms with Crippen molar-refractivity contribution in [2.45, 2.75) is 39.8 Å². The van der Waals surface area contributed by atoms with Gasteiger partial charge in [-0.15, -0.1) is 11.3 Å². The molecule has 1 atom stereocenters. The van der Waals surface area contributed by atoms with Gasteiger partial charge in [-0.3, -0.25) is 9.69 Å². The van der Waals surface area contributed by atoms with Gasteiger partial charge in [0.05, 0.1) is 11.4 Å². The molecule has 0 aliphatic rings. The summed E-state index contributed by atoms with van der Waals surface area (Å²) in [5.41, 5.74) is 3.98. The number of nitrogens with one attached hydrogen (secondary N) is 1. The van der Waals surface area contributed by atoms with E-state index in [9.17, 15) is 4.79 Å². The van der Waals surface area contributed by atoms with Gasteiger partial charge in [0.1, 0.15) is 0 Å². The first-order valence-electron chi connectivity index (χ1n) is 9.32.